The van der Waals surface area contributed by atoms with Gasteiger partial charge in [0.25, 0.3) is 0 Å². The van der Waals surface area contributed by atoms with E-state index in [0.717, 1.165) is 25.4 Å². The molecule has 0 amide bonds. The minimum atomic E-state index is 0.522. The maximum Gasteiger partial charge on any atom is 0.137 e. The first-order valence-corrected chi connectivity index (χ1v) is 7.00. The first kappa shape index (κ1) is 13.7. The molecule has 1 atom stereocenters. The number of hydrogen-bond acceptors (Lipinski definition) is 3. The van der Waals surface area contributed by atoms with E-state index in [1.165, 1.54) is 19.3 Å². The first-order valence-electron chi connectivity index (χ1n) is 6.62. The molecule has 1 aromatic rings. The van der Waals surface area contributed by atoms with Gasteiger partial charge in [0.15, 0.2) is 0 Å². The van der Waals surface area contributed by atoms with E-state index in [-0.39, 0.29) is 0 Å². The quantitative estimate of drug-likeness (QED) is 0.892. The van der Waals surface area contributed by atoms with E-state index in [1.807, 2.05) is 24.3 Å². The Kier molecular flexibility index (Phi) is 5.29. The van der Waals surface area contributed by atoms with Crippen LogP contribution in [0.4, 0.5) is 0 Å². The number of nitrogens with two attached hydrogens (primary N) is 1. The number of ether oxygens (including phenoxy) is 1. The average Bonchev–Trinajstić information content (AvgIpc) is 2.41. The summed E-state index contributed by atoms with van der Waals surface area (Å²) >= 11 is 6.04. The normalized spacial score (nSPS) is 20.9. The third kappa shape index (κ3) is 3.61. The van der Waals surface area contributed by atoms with Crippen molar-refractivity contribution >= 4 is 11.6 Å². The van der Waals surface area contributed by atoms with Crippen LogP contribution in [0.2, 0.25) is 5.02 Å². The van der Waals surface area contributed by atoms with E-state index >= 15 is 0 Å². The van der Waals surface area contributed by atoms with Crippen LogP contribution >= 0.6 is 11.6 Å². The molecule has 3 nitrogen and oxygen atoms in total. The molecule has 0 radical (unpaired) electrons. The highest BCUT2D eigenvalue weighted by atomic mass is 35.5. The zero-order valence-electron chi connectivity index (χ0n) is 10.6. The molecule has 0 spiro atoms. The molecular formula is C14H21ClN2O. The number of benzene rings is 1. The number of nitrogens with zero attached hydrogens (tertiary/aromatic N) is 1. The van der Waals surface area contributed by atoms with Crippen molar-refractivity contribution in [1.82, 2.24) is 4.90 Å². The van der Waals surface area contributed by atoms with Gasteiger partial charge in [-0.2, -0.15) is 0 Å². The van der Waals surface area contributed by atoms with Crippen LogP contribution in [-0.4, -0.2) is 37.2 Å². The van der Waals surface area contributed by atoms with Crippen LogP contribution in [0.25, 0.3) is 0 Å². The number of piperidine rings is 1. The summed E-state index contributed by atoms with van der Waals surface area (Å²) in [4.78, 5) is 2.43. The van der Waals surface area contributed by atoms with E-state index in [4.69, 9.17) is 22.1 Å². The van der Waals surface area contributed by atoms with Gasteiger partial charge in [0, 0.05) is 19.1 Å². The lowest BCUT2D eigenvalue weighted by molar-refractivity contribution is 0.127. The Labute approximate surface area is 114 Å². The van der Waals surface area contributed by atoms with Crippen LogP contribution in [0.5, 0.6) is 5.75 Å². The van der Waals surface area contributed by atoms with Crippen LogP contribution in [-0.2, 0) is 0 Å². The van der Waals surface area contributed by atoms with Crippen molar-refractivity contribution < 1.29 is 4.74 Å². The highest BCUT2D eigenvalue weighted by molar-refractivity contribution is 6.32. The fourth-order valence-corrected chi connectivity index (χ4v) is 2.65. The number of para-hydroxylation sites is 1. The predicted molar refractivity (Wildman–Crippen MR) is 75.2 cm³/mol. The summed E-state index contributed by atoms with van der Waals surface area (Å²) in [7, 11) is 0. The molecule has 0 aromatic heterocycles. The SMILES string of the molecule is NCC1CCCCN1CCOc1ccccc1Cl. The van der Waals surface area contributed by atoms with Crippen LogP contribution in [0.3, 0.4) is 0 Å². The summed E-state index contributed by atoms with van der Waals surface area (Å²) in [6.45, 7) is 3.47. The summed E-state index contributed by atoms with van der Waals surface area (Å²) in [6, 6.07) is 8.11. The molecule has 2 N–H and O–H groups in total. The van der Waals surface area contributed by atoms with Crippen LogP contribution in [0, 0.1) is 0 Å². The van der Waals surface area contributed by atoms with Gasteiger partial charge in [0.1, 0.15) is 12.4 Å². The number of halogens is 1. The molecule has 1 aromatic carbocycles. The molecular weight excluding hydrogens is 248 g/mol. The Morgan fingerprint density at radius 1 is 1.33 bits per heavy atom. The smallest absolute Gasteiger partial charge is 0.137 e. The molecule has 1 fully saturated rings. The lowest BCUT2D eigenvalue weighted by Gasteiger charge is -2.34. The number of rotatable bonds is 5. The van der Waals surface area contributed by atoms with Gasteiger partial charge in [0.05, 0.1) is 5.02 Å². The first-order chi connectivity index (χ1) is 8.81. The van der Waals surface area contributed by atoms with Gasteiger partial charge in [-0.05, 0) is 31.5 Å². The molecule has 1 heterocycles. The molecule has 0 aliphatic carbocycles. The van der Waals surface area contributed by atoms with Crippen LogP contribution in [0.1, 0.15) is 19.3 Å². The number of likely N-dealkylation sites (tertiary alicyclic amines) is 1. The van der Waals surface area contributed by atoms with E-state index < -0.39 is 0 Å². The lowest BCUT2D eigenvalue weighted by Crippen LogP contribution is -2.45. The minimum absolute atomic E-state index is 0.522. The summed E-state index contributed by atoms with van der Waals surface area (Å²) in [5, 5.41) is 0.673. The third-order valence-electron chi connectivity index (χ3n) is 3.49. The monoisotopic (exact) mass is 268 g/mol. The topological polar surface area (TPSA) is 38.5 Å². The van der Waals surface area contributed by atoms with Gasteiger partial charge in [0.2, 0.25) is 0 Å². The fraction of sp³-hybridized carbons (Fsp3) is 0.571. The Morgan fingerprint density at radius 2 is 2.17 bits per heavy atom. The molecule has 1 aliphatic heterocycles. The van der Waals surface area contributed by atoms with Gasteiger partial charge in [-0.15, -0.1) is 0 Å². The van der Waals surface area contributed by atoms with Crippen molar-refractivity contribution in [3.63, 3.8) is 0 Å². The molecule has 1 aliphatic rings. The minimum Gasteiger partial charge on any atom is -0.491 e. The molecule has 4 heteroatoms. The second kappa shape index (κ2) is 6.98. The molecule has 18 heavy (non-hydrogen) atoms. The van der Waals surface area contributed by atoms with E-state index in [2.05, 4.69) is 4.90 Å². The second-order valence-electron chi connectivity index (χ2n) is 4.70. The Hall–Kier alpha value is -0.770. The Balaban J connectivity index is 1.79. The van der Waals surface area contributed by atoms with Crippen LogP contribution < -0.4 is 10.5 Å². The molecule has 0 saturated carbocycles. The highest BCUT2D eigenvalue weighted by Crippen LogP contribution is 2.23. The molecule has 2 rings (SSSR count). The van der Waals surface area contributed by atoms with Gasteiger partial charge in [-0.3, -0.25) is 4.90 Å². The van der Waals surface area contributed by atoms with Gasteiger partial charge < -0.3 is 10.5 Å². The lowest BCUT2D eigenvalue weighted by atomic mass is 10.0. The number of hydrogen-bond donors (Lipinski definition) is 1. The zero-order chi connectivity index (χ0) is 12.8. The summed E-state index contributed by atoms with van der Waals surface area (Å²) in [6.07, 6.45) is 3.77. The Bertz CT molecular complexity index is 373. The van der Waals surface area contributed by atoms with Crippen molar-refractivity contribution in [2.75, 3.05) is 26.2 Å². The highest BCUT2D eigenvalue weighted by Gasteiger charge is 2.20. The zero-order valence-corrected chi connectivity index (χ0v) is 11.4. The maximum atomic E-state index is 6.04. The largest absolute Gasteiger partial charge is 0.491 e. The maximum absolute atomic E-state index is 6.04. The van der Waals surface area contributed by atoms with Crippen molar-refractivity contribution in [3.8, 4) is 5.75 Å². The molecule has 0 bridgehead atoms. The second-order valence-corrected chi connectivity index (χ2v) is 5.11. The third-order valence-corrected chi connectivity index (χ3v) is 3.81. The molecule has 1 unspecified atom stereocenters. The summed E-state index contributed by atoms with van der Waals surface area (Å²) < 4.78 is 5.72. The van der Waals surface area contributed by atoms with E-state index in [9.17, 15) is 0 Å². The predicted octanol–water partition coefficient (Wildman–Crippen LogP) is 2.53. The molecule has 100 valence electrons. The Morgan fingerprint density at radius 3 is 2.94 bits per heavy atom. The van der Waals surface area contributed by atoms with Crippen molar-refractivity contribution in [2.45, 2.75) is 25.3 Å². The van der Waals surface area contributed by atoms with Crippen LogP contribution in [0.15, 0.2) is 24.3 Å². The standard InChI is InChI=1S/C14H21ClN2O/c15-13-6-1-2-7-14(13)18-10-9-17-8-4-3-5-12(17)11-16/h1-2,6-7,12H,3-5,8-11,16H2. The van der Waals surface area contributed by atoms with Gasteiger partial charge in [-0.1, -0.05) is 30.2 Å². The molecule has 1 saturated heterocycles. The average molecular weight is 269 g/mol. The van der Waals surface area contributed by atoms with Crippen molar-refractivity contribution in [2.24, 2.45) is 5.73 Å². The van der Waals surface area contributed by atoms with E-state index in [1.54, 1.807) is 0 Å². The van der Waals surface area contributed by atoms with Crippen molar-refractivity contribution in [3.05, 3.63) is 29.3 Å². The van der Waals surface area contributed by atoms with Gasteiger partial charge in [-0.25, -0.2) is 0 Å². The summed E-state index contributed by atoms with van der Waals surface area (Å²) in [5.74, 6) is 0.764. The van der Waals surface area contributed by atoms with Crippen molar-refractivity contribution in [1.29, 1.82) is 0 Å². The fourth-order valence-electron chi connectivity index (χ4n) is 2.46. The van der Waals surface area contributed by atoms with E-state index in [0.29, 0.717) is 17.7 Å². The van der Waals surface area contributed by atoms with Gasteiger partial charge >= 0.3 is 0 Å². The summed E-state index contributed by atoms with van der Waals surface area (Å²) in [5.41, 5.74) is 5.80.